The van der Waals surface area contributed by atoms with Crippen molar-refractivity contribution in [1.82, 2.24) is 4.98 Å². The summed E-state index contributed by atoms with van der Waals surface area (Å²) < 4.78 is 0. The number of nitrogens with zero attached hydrogens (tertiary/aromatic N) is 2. The molecule has 0 aliphatic heterocycles. The monoisotopic (exact) mass is 616 g/mol. The van der Waals surface area contributed by atoms with E-state index in [9.17, 15) is 0 Å². The van der Waals surface area contributed by atoms with Crippen LogP contribution in [0.5, 0.6) is 0 Å². The van der Waals surface area contributed by atoms with E-state index in [2.05, 4.69) is 152 Å². The van der Waals surface area contributed by atoms with Crippen LogP contribution in [0.3, 0.4) is 0 Å². The molecule has 2 heteroatoms. The van der Waals surface area contributed by atoms with Crippen LogP contribution in [0.1, 0.15) is 30.5 Å². The lowest BCUT2D eigenvalue weighted by Crippen LogP contribution is -2.26. The summed E-state index contributed by atoms with van der Waals surface area (Å²) in [5.74, 6) is 0. The molecule has 0 N–H and O–H groups in total. The van der Waals surface area contributed by atoms with Gasteiger partial charge in [0.2, 0.25) is 0 Å². The number of hydrogen-bond acceptors (Lipinski definition) is 2. The van der Waals surface area contributed by atoms with Gasteiger partial charge in [-0.05, 0) is 116 Å². The molecule has 0 unspecified atom stereocenters. The lowest BCUT2D eigenvalue weighted by atomic mass is 9.91. The van der Waals surface area contributed by atoms with Crippen LogP contribution in [0.25, 0.3) is 79.4 Å². The van der Waals surface area contributed by atoms with Crippen LogP contribution in [0.2, 0.25) is 0 Å². The highest BCUT2D eigenvalue weighted by molar-refractivity contribution is 5.90. The van der Waals surface area contributed by atoms with E-state index >= 15 is 0 Å². The van der Waals surface area contributed by atoms with Crippen molar-refractivity contribution < 1.29 is 0 Å². The fraction of sp³-hybridized carbons (Fsp3) is 0.0435. The third-order valence-electron chi connectivity index (χ3n) is 8.94. The van der Waals surface area contributed by atoms with Crippen LogP contribution in [0.15, 0.2) is 151 Å². The molecule has 0 fully saturated rings. The smallest absolute Gasteiger partial charge is 0.0776 e. The standard InChI is InChI=1S/C46H36N2/c1-5-10-33-15-19-38(25-32(33)6-2)41-27-40(28-42(29-41)39-20-16-35-23-24-47-30-43(35)26-39)34-13-17-37(18-14-34)46(48-7-3)45-22-21-36-11-8-9-12-44(36)31(45)4/h5-30H,2,4H2,1,3H3/b10-5-,46-45-,48-7?. The third kappa shape index (κ3) is 5.92. The number of benzene rings is 6. The SMILES string of the molecule is C=Cc1cc(-c2cc(-c3ccc(/C(N=CC)=c4\ccc5ccccc5c4=C)cc3)cc(-c3ccc4ccncc4c3)c2)ccc1/C=C\C. The Morgan fingerprint density at radius 1 is 0.625 bits per heavy atom. The molecule has 6 aromatic carbocycles. The van der Waals surface area contributed by atoms with Crippen molar-refractivity contribution in [2.45, 2.75) is 13.8 Å². The van der Waals surface area contributed by atoms with Crippen molar-refractivity contribution in [2.75, 3.05) is 0 Å². The first kappa shape index (κ1) is 30.5. The largest absolute Gasteiger partial charge is 0.264 e. The highest BCUT2D eigenvalue weighted by Gasteiger charge is 2.11. The summed E-state index contributed by atoms with van der Waals surface area (Å²) in [7, 11) is 0. The molecule has 1 aromatic heterocycles. The van der Waals surface area contributed by atoms with Gasteiger partial charge in [0, 0.05) is 34.8 Å². The fourth-order valence-corrected chi connectivity index (χ4v) is 6.46. The van der Waals surface area contributed by atoms with Gasteiger partial charge < -0.3 is 0 Å². The molecule has 0 radical (unpaired) electrons. The second-order valence-electron chi connectivity index (χ2n) is 11.9. The maximum Gasteiger partial charge on any atom is 0.0776 e. The minimum atomic E-state index is 0.914. The van der Waals surface area contributed by atoms with Crippen LogP contribution in [-0.4, -0.2) is 11.2 Å². The molecule has 0 aliphatic carbocycles. The van der Waals surface area contributed by atoms with Gasteiger partial charge in [-0.1, -0.05) is 116 Å². The molecule has 230 valence electrons. The van der Waals surface area contributed by atoms with E-state index in [0.29, 0.717) is 0 Å². The summed E-state index contributed by atoms with van der Waals surface area (Å²) in [4.78, 5) is 9.20. The highest BCUT2D eigenvalue weighted by atomic mass is 14.7. The molecular weight excluding hydrogens is 581 g/mol. The average Bonchev–Trinajstić information content (AvgIpc) is 3.14. The molecular formula is C46H36N2. The third-order valence-corrected chi connectivity index (χ3v) is 8.94. The lowest BCUT2D eigenvalue weighted by molar-refractivity contribution is 1.36. The van der Waals surface area contributed by atoms with E-state index in [1.807, 2.05) is 38.5 Å². The molecule has 0 aliphatic rings. The Kier molecular flexibility index (Phi) is 8.47. The molecule has 0 amide bonds. The zero-order chi connectivity index (χ0) is 33.0. The Hall–Kier alpha value is -6.12. The number of aliphatic imine (C=N–C) groups is 1. The maximum atomic E-state index is 4.84. The average molecular weight is 617 g/mol. The summed E-state index contributed by atoms with van der Waals surface area (Å²) in [6, 6.07) is 43.5. The molecule has 7 aromatic rings. The summed E-state index contributed by atoms with van der Waals surface area (Å²) in [6.07, 6.45) is 11.7. The first-order chi connectivity index (χ1) is 23.6. The number of fused-ring (bicyclic) bond motifs is 2. The highest BCUT2D eigenvalue weighted by Crippen LogP contribution is 2.35. The second-order valence-corrected chi connectivity index (χ2v) is 11.9. The fourth-order valence-electron chi connectivity index (χ4n) is 6.46. The summed E-state index contributed by atoms with van der Waals surface area (Å²) in [5.41, 5.74) is 11.1. The van der Waals surface area contributed by atoms with E-state index < -0.39 is 0 Å². The molecule has 0 saturated carbocycles. The predicted molar refractivity (Wildman–Crippen MR) is 208 cm³/mol. The quantitative estimate of drug-likeness (QED) is 0.164. The molecule has 7 rings (SSSR count). The van der Waals surface area contributed by atoms with Crippen molar-refractivity contribution in [1.29, 1.82) is 0 Å². The van der Waals surface area contributed by atoms with E-state index in [-0.39, 0.29) is 0 Å². The lowest BCUT2D eigenvalue weighted by Gasteiger charge is -2.14. The van der Waals surface area contributed by atoms with Gasteiger partial charge in [-0.2, -0.15) is 0 Å². The first-order valence-corrected chi connectivity index (χ1v) is 16.3. The number of allylic oxidation sites excluding steroid dienone is 1. The zero-order valence-electron chi connectivity index (χ0n) is 27.3. The van der Waals surface area contributed by atoms with Crippen molar-refractivity contribution >= 4 is 52.2 Å². The Balaban J connectivity index is 1.37. The van der Waals surface area contributed by atoms with Gasteiger partial charge in [-0.3, -0.25) is 9.98 Å². The van der Waals surface area contributed by atoms with Crippen LogP contribution < -0.4 is 10.4 Å². The van der Waals surface area contributed by atoms with E-state index in [0.717, 1.165) is 77.0 Å². The minimum Gasteiger partial charge on any atom is -0.264 e. The zero-order valence-corrected chi connectivity index (χ0v) is 27.3. The normalized spacial score (nSPS) is 12.3. The molecule has 0 saturated heterocycles. The molecule has 0 atom stereocenters. The van der Waals surface area contributed by atoms with Gasteiger partial charge in [0.1, 0.15) is 0 Å². The van der Waals surface area contributed by atoms with Crippen LogP contribution in [0.4, 0.5) is 0 Å². The van der Waals surface area contributed by atoms with E-state index in [1.54, 1.807) is 0 Å². The van der Waals surface area contributed by atoms with Crippen LogP contribution in [-0.2, 0) is 0 Å². The predicted octanol–water partition coefficient (Wildman–Crippen LogP) is 10.7. The van der Waals surface area contributed by atoms with Gasteiger partial charge in [-0.25, -0.2) is 0 Å². The second kappa shape index (κ2) is 13.3. The van der Waals surface area contributed by atoms with Crippen LogP contribution in [0, 0.1) is 0 Å². The topological polar surface area (TPSA) is 25.2 Å². The number of aromatic nitrogens is 1. The van der Waals surface area contributed by atoms with Crippen molar-refractivity contribution in [3.63, 3.8) is 0 Å². The van der Waals surface area contributed by atoms with Gasteiger partial charge >= 0.3 is 0 Å². The number of pyridine rings is 1. The van der Waals surface area contributed by atoms with Gasteiger partial charge in [0.05, 0.1) is 5.70 Å². The van der Waals surface area contributed by atoms with Crippen LogP contribution >= 0.6 is 0 Å². The van der Waals surface area contributed by atoms with Gasteiger partial charge in [0.25, 0.3) is 0 Å². The first-order valence-electron chi connectivity index (χ1n) is 16.3. The van der Waals surface area contributed by atoms with Crippen molar-refractivity contribution in [3.05, 3.63) is 174 Å². The Bertz CT molecular complexity index is 2500. The minimum absolute atomic E-state index is 0.914. The van der Waals surface area contributed by atoms with Crippen molar-refractivity contribution in [2.24, 2.45) is 4.99 Å². The van der Waals surface area contributed by atoms with E-state index in [1.165, 1.54) is 10.8 Å². The summed E-state index contributed by atoms with van der Waals surface area (Å²) in [6.45, 7) is 12.5. The molecule has 2 nitrogen and oxygen atoms in total. The van der Waals surface area contributed by atoms with Gasteiger partial charge in [-0.15, -0.1) is 0 Å². The van der Waals surface area contributed by atoms with Crippen molar-refractivity contribution in [3.8, 4) is 33.4 Å². The van der Waals surface area contributed by atoms with Gasteiger partial charge in [0.15, 0.2) is 0 Å². The molecule has 0 spiro atoms. The summed E-state index contributed by atoms with van der Waals surface area (Å²) in [5, 5.41) is 6.64. The Morgan fingerprint density at radius 2 is 1.31 bits per heavy atom. The molecule has 0 bridgehead atoms. The summed E-state index contributed by atoms with van der Waals surface area (Å²) >= 11 is 0. The molecule has 1 heterocycles. The maximum absolute atomic E-state index is 4.84. The molecule has 48 heavy (non-hydrogen) atoms. The Morgan fingerprint density at radius 3 is 2.06 bits per heavy atom. The van der Waals surface area contributed by atoms with E-state index in [4.69, 9.17) is 4.99 Å². The number of rotatable bonds is 7. The number of hydrogen-bond donors (Lipinski definition) is 0. The Labute approximate surface area is 282 Å².